The first-order chi connectivity index (χ1) is 12.3. The predicted octanol–water partition coefficient (Wildman–Crippen LogP) is 3.33. The summed E-state index contributed by atoms with van der Waals surface area (Å²) >= 11 is 0. The molecule has 1 aliphatic heterocycles. The van der Waals surface area contributed by atoms with E-state index in [-0.39, 0.29) is 5.82 Å². The summed E-state index contributed by atoms with van der Waals surface area (Å²) in [5.41, 5.74) is 3.13. The SMILES string of the molecule is Fc1ccccc1N1CCN(Cc2ccc(-n3ccnc3)cc2)CC1. The van der Waals surface area contributed by atoms with Crippen molar-refractivity contribution in [1.29, 1.82) is 0 Å². The third kappa shape index (κ3) is 3.56. The van der Waals surface area contributed by atoms with E-state index in [2.05, 4.69) is 39.0 Å². The molecular formula is C20H21FN4. The van der Waals surface area contributed by atoms with Gasteiger partial charge in [0, 0.05) is 50.8 Å². The molecule has 0 saturated carbocycles. The van der Waals surface area contributed by atoms with Crippen molar-refractivity contribution in [3.8, 4) is 5.69 Å². The van der Waals surface area contributed by atoms with Crippen molar-refractivity contribution in [2.45, 2.75) is 6.54 Å². The van der Waals surface area contributed by atoms with Crippen molar-refractivity contribution in [2.75, 3.05) is 31.1 Å². The fourth-order valence-corrected chi connectivity index (χ4v) is 3.30. The zero-order chi connectivity index (χ0) is 17.1. The van der Waals surface area contributed by atoms with Gasteiger partial charge in [0.15, 0.2) is 0 Å². The molecule has 2 aromatic carbocycles. The molecule has 0 bridgehead atoms. The topological polar surface area (TPSA) is 24.3 Å². The highest BCUT2D eigenvalue weighted by atomic mass is 19.1. The molecule has 2 heterocycles. The number of imidazole rings is 1. The predicted molar refractivity (Wildman–Crippen MR) is 97.5 cm³/mol. The summed E-state index contributed by atoms with van der Waals surface area (Å²) in [4.78, 5) is 8.63. The Morgan fingerprint density at radius 1 is 0.920 bits per heavy atom. The highest BCUT2D eigenvalue weighted by Crippen LogP contribution is 2.21. The lowest BCUT2D eigenvalue weighted by molar-refractivity contribution is 0.249. The van der Waals surface area contributed by atoms with Crippen LogP contribution in [0.5, 0.6) is 0 Å². The largest absolute Gasteiger partial charge is 0.367 e. The molecule has 0 spiro atoms. The fourth-order valence-electron chi connectivity index (χ4n) is 3.30. The molecule has 128 valence electrons. The molecule has 1 aromatic heterocycles. The van der Waals surface area contributed by atoms with E-state index in [0.29, 0.717) is 5.69 Å². The summed E-state index contributed by atoms with van der Waals surface area (Å²) in [6, 6.07) is 15.6. The van der Waals surface area contributed by atoms with Crippen LogP contribution in [-0.4, -0.2) is 40.6 Å². The molecule has 0 atom stereocenters. The smallest absolute Gasteiger partial charge is 0.146 e. The lowest BCUT2D eigenvalue weighted by Gasteiger charge is -2.36. The van der Waals surface area contributed by atoms with Crippen LogP contribution < -0.4 is 4.90 Å². The second-order valence-corrected chi connectivity index (χ2v) is 6.35. The highest BCUT2D eigenvalue weighted by molar-refractivity contribution is 5.48. The van der Waals surface area contributed by atoms with E-state index in [1.165, 1.54) is 11.6 Å². The van der Waals surface area contributed by atoms with Crippen molar-refractivity contribution in [2.24, 2.45) is 0 Å². The van der Waals surface area contributed by atoms with E-state index in [4.69, 9.17) is 0 Å². The Bertz CT molecular complexity index is 806. The Morgan fingerprint density at radius 3 is 2.36 bits per heavy atom. The molecule has 4 nitrogen and oxygen atoms in total. The van der Waals surface area contributed by atoms with E-state index in [1.54, 1.807) is 18.6 Å². The van der Waals surface area contributed by atoms with Gasteiger partial charge in [-0.25, -0.2) is 9.37 Å². The third-order valence-corrected chi connectivity index (χ3v) is 4.71. The number of hydrogen-bond donors (Lipinski definition) is 0. The summed E-state index contributed by atoms with van der Waals surface area (Å²) in [7, 11) is 0. The second kappa shape index (κ2) is 7.07. The number of para-hydroxylation sites is 1. The van der Waals surface area contributed by atoms with Crippen LogP contribution >= 0.6 is 0 Å². The van der Waals surface area contributed by atoms with Crippen LogP contribution in [0.2, 0.25) is 0 Å². The Kier molecular flexibility index (Phi) is 4.48. The standard InChI is InChI=1S/C20H21FN4/c21-19-3-1-2-4-20(19)24-13-11-23(12-14-24)15-17-5-7-18(8-6-17)25-10-9-22-16-25/h1-10,16H,11-15H2. The van der Waals surface area contributed by atoms with Crippen molar-refractivity contribution >= 4 is 5.69 Å². The molecule has 5 heteroatoms. The number of halogens is 1. The lowest BCUT2D eigenvalue weighted by atomic mass is 10.1. The van der Waals surface area contributed by atoms with Crippen molar-refractivity contribution in [1.82, 2.24) is 14.5 Å². The maximum Gasteiger partial charge on any atom is 0.146 e. The molecule has 0 aliphatic carbocycles. The van der Waals surface area contributed by atoms with Crippen LogP contribution in [-0.2, 0) is 6.54 Å². The Labute approximate surface area is 147 Å². The van der Waals surface area contributed by atoms with Gasteiger partial charge in [-0.1, -0.05) is 24.3 Å². The molecular weight excluding hydrogens is 315 g/mol. The van der Waals surface area contributed by atoms with Gasteiger partial charge >= 0.3 is 0 Å². The van der Waals surface area contributed by atoms with Crippen molar-refractivity contribution in [3.05, 3.63) is 78.6 Å². The molecule has 0 unspecified atom stereocenters. The van der Waals surface area contributed by atoms with Crippen LogP contribution in [0.4, 0.5) is 10.1 Å². The third-order valence-electron chi connectivity index (χ3n) is 4.71. The minimum atomic E-state index is -0.133. The number of piperazine rings is 1. The Morgan fingerprint density at radius 2 is 1.68 bits per heavy atom. The minimum absolute atomic E-state index is 0.133. The first-order valence-electron chi connectivity index (χ1n) is 8.59. The zero-order valence-corrected chi connectivity index (χ0v) is 14.1. The molecule has 25 heavy (non-hydrogen) atoms. The second-order valence-electron chi connectivity index (χ2n) is 6.35. The number of benzene rings is 2. The Balaban J connectivity index is 1.35. The summed E-state index contributed by atoms with van der Waals surface area (Å²) in [5, 5.41) is 0. The number of rotatable bonds is 4. The van der Waals surface area contributed by atoms with Gasteiger partial charge in [0.05, 0.1) is 12.0 Å². The maximum absolute atomic E-state index is 13.9. The van der Waals surface area contributed by atoms with Crippen LogP contribution in [0.1, 0.15) is 5.56 Å². The number of hydrogen-bond acceptors (Lipinski definition) is 3. The van der Waals surface area contributed by atoms with Gasteiger partial charge in [-0.3, -0.25) is 4.90 Å². The van der Waals surface area contributed by atoms with Gasteiger partial charge in [0.2, 0.25) is 0 Å². The van der Waals surface area contributed by atoms with E-state index in [9.17, 15) is 4.39 Å². The van der Waals surface area contributed by atoms with Gasteiger partial charge in [-0.15, -0.1) is 0 Å². The molecule has 0 amide bonds. The van der Waals surface area contributed by atoms with Gasteiger partial charge in [-0.2, -0.15) is 0 Å². The average molecular weight is 336 g/mol. The number of anilines is 1. The summed E-state index contributed by atoms with van der Waals surface area (Å²) in [6.07, 6.45) is 5.52. The van der Waals surface area contributed by atoms with Crippen LogP contribution in [0.25, 0.3) is 5.69 Å². The molecule has 1 fully saturated rings. The summed E-state index contributed by atoms with van der Waals surface area (Å²) < 4.78 is 15.9. The summed E-state index contributed by atoms with van der Waals surface area (Å²) in [6.45, 7) is 4.52. The first kappa shape index (κ1) is 15.8. The molecule has 3 aromatic rings. The van der Waals surface area contributed by atoms with E-state index < -0.39 is 0 Å². The lowest BCUT2D eigenvalue weighted by Crippen LogP contribution is -2.46. The zero-order valence-electron chi connectivity index (χ0n) is 14.1. The molecule has 4 rings (SSSR count). The van der Waals surface area contributed by atoms with Gasteiger partial charge in [0.1, 0.15) is 5.82 Å². The maximum atomic E-state index is 13.9. The van der Waals surface area contributed by atoms with Crippen LogP contribution in [0, 0.1) is 5.82 Å². The highest BCUT2D eigenvalue weighted by Gasteiger charge is 2.19. The average Bonchev–Trinajstić information content (AvgIpc) is 3.18. The van der Waals surface area contributed by atoms with E-state index >= 15 is 0 Å². The van der Waals surface area contributed by atoms with Gasteiger partial charge in [0.25, 0.3) is 0 Å². The number of aromatic nitrogens is 2. The molecule has 0 radical (unpaired) electrons. The normalized spacial score (nSPS) is 15.5. The quantitative estimate of drug-likeness (QED) is 0.730. The molecule has 1 aliphatic rings. The van der Waals surface area contributed by atoms with Crippen LogP contribution in [0.3, 0.4) is 0 Å². The van der Waals surface area contributed by atoms with E-state index in [1.807, 2.05) is 22.9 Å². The number of nitrogens with zero attached hydrogens (tertiary/aromatic N) is 4. The fraction of sp³-hybridized carbons (Fsp3) is 0.250. The van der Waals surface area contributed by atoms with Crippen LogP contribution in [0.15, 0.2) is 67.3 Å². The minimum Gasteiger partial charge on any atom is -0.367 e. The monoisotopic (exact) mass is 336 g/mol. The molecule has 1 saturated heterocycles. The van der Waals surface area contributed by atoms with Gasteiger partial charge in [-0.05, 0) is 29.8 Å². The summed E-state index contributed by atoms with van der Waals surface area (Å²) in [5.74, 6) is -0.133. The molecule has 0 N–H and O–H groups in total. The Hall–Kier alpha value is -2.66. The first-order valence-corrected chi connectivity index (χ1v) is 8.59. The van der Waals surface area contributed by atoms with Gasteiger partial charge < -0.3 is 9.47 Å². The van der Waals surface area contributed by atoms with Crippen molar-refractivity contribution in [3.63, 3.8) is 0 Å². The van der Waals surface area contributed by atoms with E-state index in [0.717, 1.165) is 38.4 Å². The van der Waals surface area contributed by atoms with Crippen molar-refractivity contribution < 1.29 is 4.39 Å².